The maximum atomic E-state index is 12.1. The average molecular weight is 387 g/mol. The summed E-state index contributed by atoms with van der Waals surface area (Å²) in [5.74, 6) is 0.250. The second-order valence-corrected chi connectivity index (χ2v) is 7.89. The van der Waals surface area contributed by atoms with Crippen LogP contribution in [0.25, 0.3) is 0 Å². The van der Waals surface area contributed by atoms with E-state index in [9.17, 15) is 13.2 Å². The van der Waals surface area contributed by atoms with E-state index in [-0.39, 0.29) is 41.7 Å². The fourth-order valence-corrected chi connectivity index (χ4v) is 4.26. The Morgan fingerprint density at radius 1 is 1.40 bits per heavy atom. The molecule has 0 saturated carbocycles. The van der Waals surface area contributed by atoms with E-state index in [0.29, 0.717) is 11.4 Å². The van der Waals surface area contributed by atoms with Gasteiger partial charge in [0.05, 0.1) is 10.9 Å². The molecule has 1 unspecified atom stereocenters. The number of hydrogen-bond acceptors (Lipinski definition) is 5. The molecule has 0 spiro atoms. The van der Waals surface area contributed by atoms with Crippen LogP contribution in [0.5, 0.6) is 0 Å². The highest BCUT2D eigenvalue weighted by atomic mass is 35.5. The van der Waals surface area contributed by atoms with E-state index < -0.39 is 10.0 Å². The van der Waals surface area contributed by atoms with E-state index >= 15 is 0 Å². The molecule has 1 fully saturated rings. The van der Waals surface area contributed by atoms with E-state index in [2.05, 4.69) is 20.3 Å². The number of aliphatic imine (C=N–C) groups is 1. The van der Waals surface area contributed by atoms with Crippen LogP contribution in [0.2, 0.25) is 0 Å². The highest BCUT2D eigenvalue weighted by molar-refractivity contribution is 7.90. The first kappa shape index (κ1) is 19.7. The maximum absolute atomic E-state index is 12.1. The number of benzene rings is 1. The first-order valence-corrected chi connectivity index (χ1v) is 9.64. The standard InChI is InChI=1S/C16H22N4O3S.ClH/c1-11(9-15(21)19-12-5-4-8-17-10-12)18-16-13-6-2-3-7-14(13)24(22,23)20-16;/h2-3,6-7,11-12,17H,4-5,8-10H2,1H3,(H,18,20)(H,19,21);1H/t11?,12-;/m0./s1. The van der Waals surface area contributed by atoms with Gasteiger partial charge in [-0.05, 0) is 38.4 Å². The van der Waals surface area contributed by atoms with Crippen molar-refractivity contribution < 1.29 is 13.2 Å². The molecule has 0 bridgehead atoms. The minimum atomic E-state index is -3.54. The molecule has 1 saturated heterocycles. The molecule has 2 heterocycles. The number of hydrogen-bond donors (Lipinski definition) is 3. The van der Waals surface area contributed by atoms with Gasteiger partial charge < -0.3 is 10.6 Å². The normalized spacial score (nSPS) is 23.9. The Morgan fingerprint density at radius 2 is 2.16 bits per heavy atom. The fraction of sp³-hybridized carbons (Fsp3) is 0.500. The number of nitrogens with one attached hydrogen (secondary N) is 3. The van der Waals surface area contributed by atoms with Crippen molar-refractivity contribution in [2.24, 2.45) is 4.99 Å². The minimum Gasteiger partial charge on any atom is -0.352 e. The van der Waals surface area contributed by atoms with Crippen molar-refractivity contribution in [2.75, 3.05) is 13.1 Å². The van der Waals surface area contributed by atoms with Crippen LogP contribution in [0.1, 0.15) is 31.7 Å². The molecule has 3 rings (SSSR count). The molecule has 138 valence electrons. The number of carbonyl (C=O) groups excluding carboxylic acids is 1. The first-order chi connectivity index (χ1) is 11.5. The van der Waals surface area contributed by atoms with E-state index in [1.54, 1.807) is 31.2 Å². The molecular formula is C16H23ClN4O3S. The third-order valence-corrected chi connectivity index (χ3v) is 5.55. The number of rotatable bonds is 4. The zero-order valence-electron chi connectivity index (χ0n) is 14.0. The summed E-state index contributed by atoms with van der Waals surface area (Å²) in [5, 5.41) is 6.25. The van der Waals surface area contributed by atoms with Gasteiger partial charge in [-0.25, -0.2) is 8.42 Å². The lowest BCUT2D eigenvalue weighted by atomic mass is 10.1. The summed E-state index contributed by atoms with van der Waals surface area (Å²) in [6, 6.07) is 6.56. The molecule has 2 atom stereocenters. The second-order valence-electron chi connectivity index (χ2n) is 6.24. The molecule has 1 aromatic carbocycles. The van der Waals surface area contributed by atoms with Crippen molar-refractivity contribution in [3.05, 3.63) is 29.8 Å². The van der Waals surface area contributed by atoms with Crippen LogP contribution in [-0.4, -0.2) is 45.3 Å². The summed E-state index contributed by atoms with van der Waals surface area (Å²) in [5.41, 5.74) is 0.557. The summed E-state index contributed by atoms with van der Waals surface area (Å²) < 4.78 is 26.6. The number of amidine groups is 1. The predicted molar refractivity (Wildman–Crippen MR) is 98.7 cm³/mol. The van der Waals surface area contributed by atoms with Crippen molar-refractivity contribution in [2.45, 2.75) is 43.2 Å². The monoisotopic (exact) mass is 386 g/mol. The molecule has 7 nitrogen and oxygen atoms in total. The third-order valence-electron chi connectivity index (χ3n) is 4.16. The molecule has 0 aromatic heterocycles. The molecule has 25 heavy (non-hydrogen) atoms. The van der Waals surface area contributed by atoms with Crippen molar-refractivity contribution in [1.82, 2.24) is 15.4 Å². The summed E-state index contributed by atoms with van der Waals surface area (Å²) in [4.78, 5) is 16.7. The molecule has 0 radical (unpaired) electrons. The average Bonchev–Trinajstić information content (AvgIpc) is 2.79. The van der Waals surface area contributed by atoms with Crippen molar-refractivity contribution in [3.63, 3.8) is 0 Å². The van der Waals surface area contributed by atoms with Crippen LogP contribution < -0.4 is 15.4 Å². The molecule has 1 amide bonds. The van der Waals surface area contributed by atoms with Crippen molar-refractivity contribution in [3.8, 4) is 0 Å². The van der Waals surface area contributed by atoms with Gasteiger partial charge in [-0.15, -0.1) is 12.4 Å². The van der Waals surface area contributed by atoms with E-state index in [1.165, 1.54) is 0 Å². The smallest absolute Gasteiger partial charge is 0.263 e. The fourth-order valence-electron chi connectivity index (χ4n) is 3.03. The Morgan fingerprint density at radius 3 is 2.88 bits per heavy atom. The molecule has 9 heteroatoms. The Labute approximate surface area is 154 Å². The summed E-state index contributed by atoms with van der Waals surface area (Å²) in [6.07, 6.45) is 2.26. The number of piperidine rings is 1. The molecule has 1 aromatic rings. The van der Waals surface area contributed by atoms with Crippen molar-refractivity contribution in [1.29, 1.82) is 0 Å². The van der Waals surface area contributed by atoms with Gasteiger partial charge in [0.1, 0.15) is 5.84 Å². The quantitative estimate of drug-likeness (QED) is 0.712. The molecule has 2 aliphatic rings. The lowest BCUT2D eigenvalue weighted by Gasteiger charge is -2.24. The van der Waals surface area contributed by atoms with Gasteiger partial charge in [-0.3, -0.25) is 14.5 Å². The number of carbonyl (C=O) groups is 1. The van der Waals surface area contributed by atoms with Gasteiger partial charge in [0.25, 0.3) is 10.0 Å². The van der Waals surface area contributed by atoms with Crippen LogP contribution >= 0.6 is 12.4 Å². The highest BCUT2D eigenvalue weighted by Crippen LogP contribution is 2.22. The number of sulfonamides is 1. The SMILES string of the molecule is CC(CC(=O)N[C@H]1CCCNC1)N=C1NS(=O)(=O)c2ccccc21.Cl. The Balaban J connectivity index is 0.00000225. The van der Waals surface area contributed by atoms with E-state index in [4.69, 9.17) is 0 Å². The van der Waals surface area contributed by atoms with Crippen LogP contribution in [-0.2, 0) is 14.8 Å². The molecular weight excluding hydrogens is 364 g/mol. The Kier molecular flexibility index (Phi) is 6.42. The lowest BCUT2D eigenvalue weighted by molar-refractivity contribution is -0.122. The zero-order valence-corrected chi connectivity index (χ0v) is 15.6. The van der Waals surface area contributed by atoms with Crippen LogP contribution in [0.15, 0.2) is 34.2 Å². The van der Waals surface area contributed by atoms with E-state index in [1.807, 2.05) is 0 Å². The molecule has 3 N–H and O–H groups in total. The number of fused-ring (bicyclic) bond motifs is 1. The van der Waals surface area contributed by atoms with Gasteiger partial charge in [0.2, 0.25) is 5.91 Å². The summed E-state index contributed by atoms with van der Waals surface area (Å²) in [6.45, 7) is 3.60. The van der Waals surface area contributed by atoms with Gasteiger partial charge in [0.15, 0.2) is 0 Å². The molecule has 2 aliphatic heterocycles. The van der Waals surface area contributed by atoms with Crippen LogP contribution in [0, 0.1) is 0 Å². The van der Waals surface area contributed by atoms with Gasteiger partial charge in [-0.1, -0.05) is 12.1 Å². The Bertz CT molecular complexity index is 760. The van der Waals surface area contributed by atoms with E-state index in [0.717, 1.165) is 25.9 Å². The lowest BCUT2D eigenvalue weighted by Crippen LogP contribution is -2.46. The highest BCUT2D eigenvalue weighted by Gasteiger charge is 2.30. The topological polar surface area (TPSA) is 99.7 Å². The second kappa shape index (κ2) is 8.16. The maximum Gasteiger partial charge on any atom is 0.263 e. The van der Waals surface area contributed by atoms with Gasteiger partial charge in [-0.2, -0.15) is 0 Å². The van der Waals surface area contributed by atoms with Crippen LogP contribution in [0.4, 0.5) is 0 Å². The predicted octanol–water partition coefficient (Wildman–Crippen LogP) is 0.794. The number of nitrogens with zero attached hydrogens (tertiary/aromatic N) is 1. The first-order valence-electron chi connectivity index (χ1n) is 8.16. The Hall–Kier alpha value is -1.64. The minimum absolute atomic E-state index is 0. The third kappa shape index (κ3) is 4.71. The molecule has 0 aliphatic carbocycles. The largest absolute Gasteiger partial charge is 0.352 e. The van der Waals surface area contributed by atoms with Gasteiger partial charge >= 0.3 is 0 Å². The number of amides is 1. The summed E-state index contributed by atoms with van der Waals surface area (Å²) >= 11 is 0. The number of halogens is 1. The zero-order chi connectivity index (χ0) is 17.2. The van der Waals surface area contributed by atoms with Gasteiger partial charge in [0, 0.05) is 24.6 Å². The van der Waals surface area contributed by atoms with Crippen molar-refractivity contribution >= 4 is 34.2 Å². The summed E-state index contributed by atoms with van der Waals surface area (Å²) in [7, 11) is -3.54. The van der Waals surface area contributed by atoms with Crippen LogP contribution in [0.3, 0.4) is 0 Å².